The summed E-state index contributed by atoms with van der Waals surface area (Å²) in [6.07, 6.45) is 4.71. The van der Waals surface area contributed by atoms with Crippen LogP contribution in [0.25, 0.3) is 0 Å². The summed E-state index contributed by atoms with van der Waals surface area (Å²) in [5.74, 6) is 0. The quantitative estimate of drug-likeness (QED) is 0.172. The molecule has 284 valence electrons. The number of hydrogen-bond donors (Lipinski definition) is 2. The van der Waals surface area contributed by atoms with Crippen LogP contribution in [0.5, 0.6) is 0 Å². The Balaban J connectivity index is 0.000000921. The van der Waals surface area contributed by atoms with Gasteiger partial charge in [0.05, 0.1) is 10.7 Å². The van der Waals surface area contributed by atoms with Gasteiger partial charge in [-0.2, -0.15) is 0 Å². The van der Waals surface area contributed by atoms with Crippen LogP contribution in [0.15, 0.2) is 182 Å². The van der Waals surface area contributed by atoms with E-state index in [4.69, 9.17) is 46.4 Å². The van der Waals surface area contributed by atoms with Gasteiger partial charge in [-0.25, -0.2) is 0 Å². The van der Waals surface area contributed by atoms with Crippen molar-refractivity contribution >= 4 is 92.3 Å². The Bertz CT molecular complexity index is 1660. The standard InChI is InChI=1S/C42H40N2P2.2CH2Cl2.2BrH/c1-7-21-35(22-8-1)45(36-23-9-2-10-24-36,37-25-11-3-12-26-37)43-41-33-19-20-34-42(41)44-46(38-27-13-4-14-28-38,39-29-15-5-16-30-39)40-31-17-6-18-32-40;2*2-1-3;;/h1-18,21-32,41-42H,19-20,33-34H2;2*1H2;2*1H/t41-,42-;;;;/m1..../s1. The average molecular weight is 966 g/mol. The van der Waals surface area contributed by atoms with Gasteiger partial charge in [-0.3, -0.25) is 9.49 Å². The van der Waals surface area contributed by atoms with Gasteiger partial charge < -0.3 is 34.0 Å². The van der Waals surface area contributed by atoms with Gasteiger partial charge in [0.1, 0.15) is 0 Å². The van der Waals surface area contributed by atoms with E-state index in [0.29, 0.717) is 0 Å². The molecule has 2 nitrogen and oxygen atoms in total. The summed E-state index contributed by atoms with van der Waals surface area (Å²) in [6, 6.07) is 67.8. The van der Waals surface area contributed by atoms with Crippen LogP contribution in [0.4, 0.5) is 0 Å². The van der Waals surface area contributed by atoms with E-state index < -0.39 is 14.1 Å². The van der Waals surface area contributed by atoms with Crippen LogP contribution < -0.4 is 75.3 Å². The van der Waals surface area contributed by atoms with Crippen molar-refractivity contribution in [3.05, 3.63) is 182 Å². The van der Waals surface area contributed by atoms with Gasteiger partial charge in [0, 0.05) is 44.7 Å². The minimum Gasteiger partial charge on any atom is -1.00 e. The van der Waals surface area contributed by atoms with Crippen molar-refractivity contribution in [1.82, 2.24) is 0 Å². The van der Waals surface area contributed by atoms with E-state index >= 15 is 0 Å². The smallest absolute Gasteiger partial charge is 0.207 e. The second-order valence-electron chi connectivity index (χ2n) is 12.3. The first kappa shape index (κ1) is 46.3. The predicted molar refractivity (Wildman–Crippen MR) is 231 cm³/mol. The molecule has 0 bridgehead atoms. The van der Waals surface area contributed by atoms with Crippen LogP contribution in [0, 0.1) is 0 Å². The normalized spacial score (nSPS) is 15.0. The van der Waals surface area contributed by atoms with Crippen molar-refractivity contribution < 1.29 is 43.5 Å². The van der Waals surface area contributed by atoms with Crippen molar-refractivity contribution in [2.24, 2.45) is 0 Å². The Hall–Kier alpha value is -2.10. The van der Waals surface area contributed by atoms with Crippen molar-refractivity contribution in [3.63, 3.8) is 0 Å². The first-order valence-electron chi connectivity index (χ1n) is 17.5. The lowest BCUT2D eigenvalue weighted by atomic mass is 9.92. The molecule has 1 aliphatic carbocycles. The minimum absolute atomic E-state index is 0. The van der Waals surface area contributed by atoms with Gasteiger partial charge in [-0.15, -0.1) is 46.4 Å². The number of rotatable bonds is 8. The van der Waals surface area contributed by atoms with E-state index in [0.717, 1.165) is 12.8 Å². The summed E-state index contributed by atoms with van der Waals surface area (Å²) < 4.78 is 9.02. The lowest BCUT2D eigenvalue weighted by molar-refractivity contribution is -0.589. The highest BCUT2D eigenvalue weighted by Crippen LogP contribution is 2.41. The van der Waals surface area contributed by atoms with E-state index in [-0.39, 0.29) is 56.7 Å². The molecular weight excluding hydrogens is 920 g/mol. The van der Waals surface area contributed by atoms with Crippen LogP contribution in [-0.4, -0.2) is 22.8 Å². The molecule has 0 spiro atoms. The first-order chi connectivity index (χ1) is 25.6. The molecule has 0 aliphatic heterocycles. The highest BCUT2D eigenvalue weighted by atomic mass is 79.9. The molecule has 1 aliphatic rings. The maximum atomic E-state index is 4.76. The summed E-state index contributed by atoms with van der Waals surface area (Å²) in [5.41, 5.74) is 0. The molecule has 0 aromatic heterocycles. The van der Waals surface area contributed by atoms with E-state index in [1.54, 1.807) is 0 Å². The fourth-order valence-corrected chi connectivity index (χ4v) is 15.2. The molecule has 2 atom stereocenters. The SMILES string of the molecule is ClCCl.ClCCl.[Br-].[Br-].c1ccc(P(=[NH+][C@@H]2CCCC[C@H]2[NH+]=P(c2ccccc2)(c2ccccc2)c2ccccc2)(c2ccccc2)c2ccccc2)cc1. The maximum absolute atomic E-state index is 4.76. The molecule has 0 radical (unpaired) electrons. The van der Waals surface area contributed by atoms with Crippen LogP contribution in [-0.2, 0) is 0 Å². The summed E-state index contributed by atoms with van der Waals surface area (Å²) in [5, 5.41) is 8.59. The van der Waals surface area contributed by atoms with E-state index in [1.807, 2.05) is 0 Å². The summed E-state index contributed by atoms with van der Waals surface area (Å²) >= 11 is 19.1. The number of nitrogens with one attached hydrogen (secondary N) is 2. The number of halogens is 6. The fourth-order valence-electron chi connectivity index (χ4n) is 7.19. The molecule has 6 aromatic rings. The first-order valence-corrected chi connectivity index (χ1v) is 23.3. The van der Waals surface area contributed by atoms with Crippen LogP contribution >= 0.6 is 60.5 Å². The van der Waals surface area contributed by atoms with Crippen LogP contribution in [0.3, 0.4) is 0 Å². The molecular formula is C44H46Br2Cl4N2P2. The number of hydrogen-bond acceptors (Lipinski definition) is 0. The third-order valence-electron chi connectivity index (χ3n) is 9.35. The Labute approximate surface area is 363 Å². The third kappa shape index (κ3) is 11.3. The minimum atomic E-state index is -2.22. The predicted octanol–water partition coefficient (Wildman–Crippen LogP) is 1.67. The molecule has 0 saturated heterocycles. The van der Waals surface area contributed by atoms with Crippen LogP contribution in [0.1, 0.15) is 25.7 Å². The zero-order valence-electron chi connectivity index (χ0n) is 29.9. The topological polar surface area (TPSA) is 27.9 Å². The van der Waals surface area contributed by atoms with Crippen LogP contribution in [0.2, 0.25) is 0 Å². The zero-order valence-corrected chi connectivity index (χ0v) is 37.9. The van der Waals surface area contributed by atoms with Gasteiger partial charge in [0.15, 0.2) is 14.1 Å². The maximum Gasteiger partial charge on any atom is 0.207 e. The van der Waals surface area contributed by atoms with Gasteiger partial charge in [-0.1, -0.05) is 109 Å². The molecule has 0 amide bonds. The molecule has 1 fully saturated rings. The third-order valence-corrected chi connectivity index (χ3v) is 17.2. The van der Waals surface area contributed by atoms with Crippen molar-refractivity contribution in [1.29, 1.82) is 0 Å². The lowest BCUT2D eigenvalue weighted by Crippen LogP contribution is -3.00. The van der Waals surface area contributed by atoms with Crippen molar-refractivity contribution in [2.75, 3.05) is 10.7 Å². The molecule has 10 heteroatoms. The Morgan fingerprint density at radius 2 is 0.519 bits per heavy atom. The largest absolute Gasteiger partial charge is 1.00 e. The highest BCUT2D eigenvalue weighted by Gasteiger charge is 2.43. The van der Waals surface area contributed by atoms with E-state index in [9.17, 15) is 0 Å². The fraction of sp³-hybridized carbons (Fsp3) is 0.182. The molecule has 6 aromatic carbocycles. The highest BCUT2D eigenvalue weighted by molar-refractivity contribution is 7.85. The van der Waals surface area contributed by atoms with Gasteiger partial charge in [0.25, 0.3) is 0 Å². The summed E-state index contributed by atoms with van der Waals surface area (Å²) in [6.45, 7) is 0. The monoisotopic (exact) mass is 962 g/mol. The second kappa shape index (κ2) is 24.5. The Morgan fingerprint density at radius 1 is 0.352 bits per heavy atom. The van der Waals surface area contributed by atoms with Gasteiger partial charge >= 0.3 is 0 Å². The Kier molecular flexibility index (Phi) is 21.0. The van der Waals surface area contributed by atoms with Crippen molar-refractivity contribution in [3.8, 4) is 0 Å². The van der Waals surface area contributed by atoms with Gasteiger partial charge in [0.2, 0.25) is 12.1 Å². The molecule has 0 heterocycles. The van der Waals surface area contributed by atoms with Gasteiger partial charge in [-0.05, 0) is 85.6 Å². The second-order valence-corrected chi connectivity index (χ2v) is 20.2. The molecule has 1 saturated carbocycles. The number of alkyl halides is 4. The zero-order chi connectivity index (χ0) is 36.5. The Morgan fingerprint density at radius 3 is 0.685 bits per heavy atom. The van der Waals surface area contributed by atoms with E-state index in [2.05, 4.69) is 191 Å². The van der Waals surface area contributed by atoms with E-state index in [1.165, 1.54) is 44.7 Å². The molecule has 54 heavy (non-hydrogen) atoms. The molecule has 0 unspecified atom stereocenters. The average Bonchev–Trinajstić information content (AvgIpc) is 3.22. The summed E-state index contributed by atoms with van der Waals surface area (Å²) in [4.78, 5) is 0. The summed E-state index contributed by atoms with van der Waals surface area (Å²) in [7, 11) is -4.44. The number of benzene rings is 6. The molecule has 7 rings (SSSR count). The lowest BCUT2D eigenvalue weighted by Gasteiger charge is -2.29. The molecule has 2 N–H and O–H groups in total. The van der Waals surface area contributed by atoms with Crippen molar-refractivity contribution in [2.45, 2.75) is 37.8 Å².